The molecule has 2 nitrogen and oxygen atoms in total. The van der Waals surface area contributed by atoms with Crippen LogP contribution in [0.25, 0.3) is 0 Å². The molecule has 4 saturated carbocycles. The van der Waals surface area contributed by atoms with E-state index in [9.17, 15) is 70.2 Å². The van der Waals surface area contributed by atoms with Crippen LogP contribution in [0.4, 0.5) is 79.0 Å². The molecule has 0 spiro atoms. The first-order valence-corrected chi connectivity index (χ1v) is 8.24. The maximum atomic E-state index is 15.1. The zero-order chi connectivity index (χ0) is 27.4. The molecule has 0 aromatic heterocycles. The van der Waals surface area contributed by atoms with Crippen LogP contribution in [0.15, 0.2) is 0 Å². The third kappa shape index (κ3) is 1.58. The Kier molecular flexibility index (Phi) is 4.52. The number of halogens is 18. The van der Waals surface area contributed by atoms with Crippen LogP contribution in [0.3, 0.4) is 0 Å². The summed E-state index contributed by atoms with van der Waals surface area (Å²) in [6.07, 6.45) is 0. The first-order chi connectivity index (χ1) is 14.6. The number of alkyl halides is 18. The highest BCUT2D eigenvalue weighted by atomic mass is 19.3. The Hall–Kier alpha value is -1.34. The fourth-order valence-corrected chi connectivity index (χ4v) is 5.53. The second kappa shape index (κ2) is 5.64. The van der Waals surface area contributed by atoms with Crippen molar-refractivity contribution in [1.29, 1.82) is 0 Å². The molecule has 200 valence electrons. The molecule has 2 N–H and O–H groups in total. The Morgan fingerprint density at radius 3 is 0.765 bits per heavy atom. The van der Waals surface area contributed by atoms with Gasteiger partial charge in [0.15, 0.2) is 0 Å². The van der Waals surface area contributed by atoms with Crippen LogP contribution >= 0.6 is 0 Å². The van der Waals surface area contributed by atoms with Gasteiger partial charge >= 0.3 is 41.0 Å². The molecule has 4 aliphatic rings. The molecule has 34 heavy (non-hydrogen) atoms. The van der Waals surface area contributed by atoms with Crippen molar-refractivity contribution in [2.45, 2.75) is 58.7 Å². The van der Waals surface area contributed by atoms with Gasteiger partial charge in [0, 0.05) is 0 Å². The third-order valence-corrected chi connectivity index (χ3v) is 6.92. The average Bonchev–Trinajstić information content (AvgIpc) is 2.61. The maximum absolute atomic E-state index is 15.1. The number of hydrogen-bond acceptors (Lipinski definition) is 2. The van der Waals surface area contributed by atoms with E-state index in [0.717, 1.165) is 0 Å². The highest BCUT2D eigenvalue weighted by Crippen LogP contribution is 2.95. The quantitative estimate of drug-likeness (QED) is 0.509. The van der Waals surface area contributed by atoms with Crippen molar-refractivity contribution in [2.75, 3.05) is 13.2 Å². The molecule has 4 fully saturated rings. The molecule has 0 aliphatic heterocycles. The average molecular weight is 548 g/mol. The van der Waals surface area contributed by atoms with Gasteiger partial charge in [0.25, 0.3) is 17.8 Å². The summed E-state index contributed by atoms with van der Waals surface area (Å²) < 4.78 is 263. The summed E-state index contributed by atoms with van der Waals surface area (Å²) in [5.74, 6) is -65.3. The molecule has 0 saturated heterocycles. The smallest absolute Gasteiger partial charge is 0.338 e. The van der Waals surface area contributed by atoms with E-state index in [4.69, 9.17) is 10.2 Å². The number of hydrogen-bond donors (Lipinski definition) is 2. The van der Waals surface area contributed by atoms with E-state index in [0.29, 0.717) is 0 Å². The number of rotatable bonds is 4. The zero-order valence-corrected chi connectivity index (χ0v) is 15.1. The summed E-state index contributed by atoms with van der Waals surface area (Å²) in [6.45, 7) is -7.85. The number of aliphatic hydroxyl groups excluding tert-OH is 2. The van der Waals surface area contributed by atoms with Gasteiger partial charge in [-0.25, -0.2) is 70.2 Å². The van der Waals surface area contributed by atoms with Gasteiger partial charge in [0.05, 0.1) is 0 Å². The molecule has 0 aromatic rings. The van der Waals surface area contributed by atoms with Gasteiger partial charge in [-0.2, -0.15) is 8.78 Å². The molecule has 4 rings (SSSR count). The van der Waals surface area contributed by atoms with E-state index < -0.39 is 82.8 Å². The Balaban J connectivity index is 2.90. The minimum Gasteiger partial charge on any atom is -0.390 e. The minimum atomic E-state index is -8.51. The highest BCUT2D eigenvalue weighted by molar-refractivity contribution is 5.54. The molecule has 4 aliphatic carbocycles. The third-order valence-electron chi connectivity index (χ3n) is 6.92. The minimum absolute atomic E-state index is 3.93. The van der Waals surface area contributed by atoms with Crippen molar-refractivity contribution in [3.63, 3.8) is 0 Å². The van der Waals surface area contributed by atoms with Crippen LogP contribution in [0.5, 0.6) is 0 Å². The summed E-state index contributed by atoms with van der Waals surface area (Å²) in [7, 11) is 0. The van der Waals surface area contributed by atoms with E-state index in [1.807, 2.05) is 0 Å². The summed E-state index contributed by atoms with van der Waals surface area (Å²) in [6, 6.07) is 0. The van der Waals surface area contributed by atoms with E-state index in [1.165, 1.54) is 0 Å². The lowest BCUT2D eigenvalue weighted by Crippen LogP contribution is -3.09. The second-order valence-corrected chi connectivity index (χ2v) is 7.99. The lowest BCUT2D eigenvalue weighted by atomic mass is 9.30. The number of aliphatic hydroxyl groups is 2. The summed E-state index contributed by atoms with van der Waals surface area (Å²) >= 11 is 0. The summed E-state index contributed by atoms with van der Waals surface area (Å²) in [5.41, 5.74) is -33.1. The van der Waals surface area contributed by atoms with E-state index >= 15 is 8.78 Å². The van der Waals surface area contributed by atoms with Crippen molar-refractivity contribution in [3.05, 3.63) is 0 Å². The van der Waals surface area contributed by atoms with E-state index in [1.54, 1.807) is 0 Å². The zero-order valence-electron chi connectivity index (χ0n) is 15.1. The fraction of sp³-hybridized carbons (Fsp3) is 1.00. The molecule has 0 radical (unpaired) electrons. The molecule has 0 unspecified atom stereocenters. The van der Waals surface area contributed by atoms with Crippen molar-refractivity contribution < 1.29 is 89.2 Å². The predicted molar refractivity (Wildman–Crippen MR) is 66.3 cm³/mol. The second-order valence-electron chi connectivity index (χ2n) is 7.99. The van der Waals surface area contributed by atoms with Gasteiger partial charge in [0.1, 0.15) is 13.2 Å². The Morgan fingerprint density at radius 2 is 0.588 bits per heavy atom. The van der Waals surface area contributed by atoms with Crippen molar-refractivity contribution in [2.24, 2.45) is 10.8 Å². The molecular weight excluding hydrogens is 542 g/mol. The molecule has 20 heteroatoms. The van der Waals surface area contributed by atoms with E-state index in [2.05, 4.69) is 0 Å². The lowest BCUT2D eigenvalue weighted by molar-refractivity contribution is -0.648. The van der Waals surface area contributed by atoms with Gasteiger partial charge in [0.2, 0.25) is 10.8 Å². The van der Waals surface area contributed by atoms with Crippen LogP contribution in [0, 0.1) is 10.8 Å². The monoisotopic (exact) mass is 548 g/mol. The van der Waals surface area contributed by atoms with Crippen molar-refractivity contribution >= 4 is 0 Å². The topological polar surface area (TPSA) is 40.5 Å². The Labute approximate surface area is 173 Å². The van der Waals surface area contributed by atoms with Gasteiger partial charge in [-0.05, 0) is 0 Å². The molecule has 0 heterocycles. The highest BCUT2D eigenvalue weighted by Gasteiger charge is 3.25. The first kappa shape index (κ1) is 27.3. The maximum Gasteiger partial charge on any atom is 0.338 e. The van der Waals surface area contributed by atoms with Gasteiger partial charge in [-0.3, -0.25) is 0 Å². The van der Waals surface area contributed by atoms with E-state index in [-0.39, 0.29) is 0 Å². The van der Waals surface area contributed by atoms with Crippen LogP contribution in [0.1, 0.15) is 0 Å². The normalized spacial score (nSPS) is 44.8. The standard InChI is InChI=1S/C14H6F18O2/c15-3(16,1-33)5-9(21,22)6(4(17,18)2-34)12(27,28)7(19,10(5,23)24)14(31,32)8(20,11(5,25)26)13(6,29)30/h33-34H,1-2H2. The fourth-order valence-electron chi connectivity index (χ4n) is 5.53. The molecular formula is C14H6F18O2. The van der Waals surface area contributed by atoms with Gasteiger partial charge in [-0.1, -0.05) is 0 Å². The molecule has 4 bridgehead atoms. The lowest BCUT2D eigenvalue weighted by Gasteiger charge is -2.78. The van der Waals surface area contributed by atoms with Crippen molar-refractivity contribution in [1.82, 2.24) is 0 Å². The first-order valence-electron chi connectivity index (χ1n) is 8.24. The Bertz CT molecular complexity index is 820. The predicted octanol–water partition coefficient (Wildman–Crippen LogP) is 4.48. The van der Waals surface area contributed by atoms with Crippen LogP contribution < -0.4 is 0 Å². The van der Waals surface area contributed by atoms with Crippen LogP contribution in [-0.2, 0) is 0 Å². The van der Waals surface area contributed by atoms with Gasteiger partial charge in [-0.15, -0.1) is 0 Å². The Morgan fingerprint density at radius 1 is 0.382 bits per heavy atom. The van der Waals surface area contributed by atoms with Gasteiger partial charge < -0.3 is 10.2 Å². The van der Waals surface area contributed by atoms with Crippen LogP contribution in [0.2, 0.25) is 0 Å². The summed E-state index contributed by atoms with van der Waals surface area (Å²) in [5, 5.41) is 16.9. The molecule has 0 amide bonds. The largest absolute Gasteiger partial charge is 0.390 e. The summed E-state index contributed by atoms with van der Waals surface area (Å²) in [4.78, 5) is 0. The van der Waals surface area contributed by atoms with Crippen molar-refractivity contribution in [3.8, 4) is 0 Å². The molecule has 0 atom stereocenters. The molecule has 0 aromatic carbocycles. The van der Waals surface area contributed by atoms with Crippen LogP contribution in [-0.4, -0.2) is 82.1 Å². The SMILES string of the molecule is OCC(F)(F)C12C(F)(F)C3(F)C(F)(F)C(F)(C1(F)F)C(F)(F)C(C(F)(F)CO)(C3(F)F)C2(F)F.